The zero-order chi connectivity index (χ0) is 13.2. The molecule has 0 aliphatic carbocycles. The maximum Gasteiger partial charge on any atom is 0.0956 e. The van der Waals surface area contributed by atoms with E-state index in [1.165, 1.54) is 0 Å². The molecule has 0 saturated carbocycles. The molecule has 0 bridgehead atoms. The molecule has 2 heterocycles. The summed E-state index contributed by atoms with van der Waals surface area (Å²) in [6.45, 7) is 4.95. The quantitative estimate of drug-likeness (QED) is 0.875. The van der Waals surface area contributed by atoms with E-state index in [-0.39, 0.29) is 5.54 Å². The monoisotopic (exact) mass is 247 g/mol. The molecule has 0 aliphatic heterocycles. The van der Waals surface area contributed by atoms with E-state index in [1.807, 2.05) is 32.0 Å². The number of nitrogens with two attached hydrogens (primary N) is 1. The van der Waals surface area contributed by atoms with E-state index in [4.69, 9.17) is 5.73 Å². The highest BCUT2D eigenvalue weighted by Gasteiger charge is 2.28. The third-order valence-electron chi connectivity index (χ3n) is 3.85. The van der Waals surface area contributed by atoms with Crippen molar-refractivity contribution >= 4 is 0 Å². The molecule has 0 saturated heterocycles. The van der Waals surface area contributed by atoms with Crippen molar-refractivity contribution in [3.63, 3.8) is 0 Å². The van der Waals surface area contributed by atoms with Crippen LogP contribution in [0.5, 0.6) is 0 Å². The Labute approximate surface area is 108 Å². The molecule has 0 spiro atoms. The Morgan fingerprint density at radius 2 is 2.00 bits per heavy atom. The minimum absolute atomic E-state index is 0.0539. The van der Waals surface area contributed by atoms with Gasteiger partial charge in [0.2, 0.25) is 0 Å². The largest absolute Gasteiger partial charge is 0.328 e. The smallest absolute Gasteiger partial charge is 0.0956 e. The summed E-state index contributed by atoms with van der Waals surface area (Å²) in [4.78, 5) is 4.29. The van der Waals surface area contributed by atoms with Gasteiger partial charge in [-0.1, -0.05) is 13.8 Å². The first-order valence-corrected chi connectivity index (χ1v) is 6.38. The van der Waals surface area contributed by atoms with Gasteiger partial charge < -0.3 is 10.3 Å². The fourth-order valence-electron chi connectivity index (χ4n) is 2.42. The average Bonchev–Trinajstić information content (AvgIpc) is 3.01. The van der Waals surface area contributed by atoms with Crippen LogP contribution in [0.3, 0.4) is 0 Å². The fourth-order valence-corrected chi connectivity index (χ4v) is 2.42. The predicted octanol–water partition coefficient (Wildman–Crippen LogP) is 1.76. The van der Waals surface area contributed by atoms with Crippen LogP contribution in [-0.4, -0.2) is 25.9 Å². The topological polar surface area (TPSA) is 61.7 Å². The molecule has 0 unspecified atom stereocenters. The molecule has 0 aliphatic rings. The Kier molecular flexibility index (Phi) is 3.52. The zero-order valence-electron chi connectivity index (χ0n) is 11.3. The van der Waals surface area contributed by atoms with Crippen molar-refractivity contribution in [2.45, 2.75) is 32.2 Å². The van der Waals surface area contributed by atoms with E-state index in [0.717, 1.165) is 24.1 Å². The Bertz CT molecular complexity index is 499. The molecular formula is C13H21N5. The SMILES string of the molecule is CCC(CC)(CN)n1cncc1-c1cnn(C)c1. The molecule has 0 aromatic carbocycles. The van der Waals surface area contributed by atoms with Gasteiger partial charge in [0.05, 0.1) is 30.0 Å². The van der Waals surface area contributed by atoms with Gasteiger partial charge in [-0.15, -0.1) is 0 Å². The van der Waals surface area contributed by atoms with Crippen molar-refractivity contribution in [3.8, 4) is 11.3 Å². The van der Waals surface area contributed by atoms with Crippen molar-refractivity contribution in [1.82, 2.24) is 19.3 Å². The van der Waals surface area contributed by atoms with E-state index < -0.39 is 0 Å². The summed E-state index contributed by atoms with van der Waals surface area (Å²) in [6, 6.07) is 0. The highest BCUT2D eigenvalue weighted by molar-refractivity contribution is 5.57. The summed E-state index contributed by atoms with van der Waals surface area (Å²) < 4.78 is 4.00. The minimum Gasteiger partial charge on any atom is -0.328 e. The number of imidazole rings is 1. The Balaban J connectivity index is 2.50. The molecule has 2 aromatic rings. The van der Waals surface area contributed by atoms with Crippen LogP contribution in [0.2, 0.25) is 0 Å². The zero-order valence-corrected chi connectivity index (χ0v) is 11.3. The van der Waals surface area contributed by atoms with Crippen molar-refractivity contribution in [1.29, 1.82) is 0 Å². The molecule has 0 radical (unpaired) electrons. The molecular weight excluding hydrogens is 226 g/mol. The Hall–Kier alpha value is -1.62. The maximum absolute atomic E-state index is 6.00. The van der Waals surface area contributed by atoms with Gasteiger partial charge in [0.25, 0.3) is 0 Å². The number of hydrogen-bond donors (Lipinski definition) is 1. The summed E-state index contributed by atoms with van der Waals surface area (Å²) in [5.74, 6) is 0. The van der Waals surface area contributed by atoms with E-state index in [0.29, 0.717) is 6.54 Å². The van der Waals surface area contributed by atoms with Gasteiger partial charge in [0, 0.05) is 25.4 Å². The second kappa shape index (κ2) is 4.94. The maximum atomic E-state index is 6.00. The first-order chi connectivity index (χ1) is 8.66. The Morgan fingerprint density at radius 1 is 1.28 bits per heavy atom. The van der Waals surface area contributed by atoms with Gasteiger partial charge >= 0.3 is 0 Å². The molecule has 5 heteroatoms. The summed E-state index contributed by atoms with van der Waals surface area (Å²) >= 11 is 0. The summed E-state index contributed by atoms with van der Waals surface area (Å²) in [7, 11) is 1.92. The molecule has 0 fully saturated rings. The molecule has 18 heavy (non-hydrogen) atoms. The van der Waals surface area contributed by atoms with Crippen LogP contribution in [-0.2, 0) is 12.6 Å². The number of aryl methyl sites for hydroxylation is 1. The average molecular weight is 247 g/mol. The van der Waals surface area contributed by atoms with E-state index in [2.05, 4.69) is 28.5 Å². The molecule has 2 rings (SSSR count). The minimum atomic E-state index is -0.0539. The summed E-state index contributed by atoms with van der Waals surface area (Å²) in [5.41, 5.74) is 8.11. The van der Waals surface area contributed by atoms with Crippen molar-refractivity contribution < 1.29 is 0 Å². The van der Waals surface area contributed by atoms with Crippen LogP contribution in [0, 0.1) is 0 Å². The van der Waals surface area contributed by atoms with Crippen LogP contribution in [0.15, 0.2) is 24.9 Å². The molecule has 5 nitrogen and oxygen atoms in total. The highest BCUT2D eigenvalue weighted by atomic mass is 15.2. The van der Waals surface area contributed by atoms with E-state index >= 15 is 0 Å². The van der Waals surface area contributed by atoms with Gasteiger partial charge in [-0.2, -0.15) is 5.10 Å². The van der Waals surface area contributed by atoms with Crippen LogP contribution in [0.4, 0.5) is 0 Å². The molecule has 0 amide bonds. The van der Waals surface area contributed by atoms with Gasteiger partial charge in [0.1, 0.15) is 0 Å². The first-order valence-electron chi connectivity index (χ1n) is 6.38. The van der Waals surface area contributed by atoms with Crippen LogP contribution >= 0.6 is 0 Å². The van der Waals surface area contributed by atoms with Gasteiger partial charge in [-0.3, -0.25) is 4.68 Å². The lowest BCUT2D eigenvalue weighted by Gasteiger charge is -2.33. The van der Waals surface area contributed by atoms with Crippen molar-refractivity contribution in [2.24, 2.45) is 12.8 Å². The van der Waals surface area contributed by atoms with Crippen LogP contribution < -0.4 is 5.73 Å². The van der Waals surface area contributed by atoms with Gasteiger partial charge in [0.15, 0.2) is 0 Å². The fraction of sp³-hybridized carbons (Fsp3) is 0.538. The highest BCUT2D eigenvalue weighted by Crippen LogP contribution is 2.30. The number of nitrogens with zero attached hydrogens (tertiary/aromatic N) is 4. The Morgan fingerprint density at radius 3 is 2.50 bits per heavy atom. The number of aromatic nitrogens is 4. The van der Waals surface area contributed by atoms with Crippen molar-refractivity contribution in [2.75, 3.05) is 6.54 Å². The van der Waals surface area contributed by atoms with Gasteiger partial charge in [-0.05, 0) is 12.8 Å². The third kappa shape index (κ3) is 1.95. The lowest BCUT2D eigenvalue weighted by atomic mass is 9.92. The standard InChI is InChI=1S/C13H21N5/c1-4-13(5-2,9-14)18-10-15-7-12(18)11-6-16-17(3)8-11/h6-8,10H,4-5,9,14H2,1-3H3. The van der Waals surface area contributed by atoms with Crippen molar-refractivity contribution in [3.05, 3.63) is 24.9 Å². The summed E-state index contributed by atoms with van der Waals surface area (Å²) in [5, 5.41) is 4.22. The second-order valence-electron chi connectivity index (χ2n) is 4.69. The van der Waals surface area contributed by atoms with Crippen LogP contribution in [0.25, 0.3) is 11.3 Å². The van der Waals surface area contributed by atoms with E-state index in [9.17, 15) is 0 Å². The molecule has 2 N–H and O–H groups in total. The number of hydrogen-bond acceptors (Lipinski definition) is 3. The van der Waals surface area contributed by atoms with E-state index in [1.54, 1.807) is 4.68 Å². The third-order valence-corrected chi connectivity index (χ3v) is 3.85. The summed E-state index contributed by atoms with van der Waals surface area (Å²) in [6.07, 6.45) is 9.60. The normalized spacial score (nSPS) is 12.0. The van der Waals surface area contributed by atoms with Gasteiger partial charge in [-0.25, -0.2) is 4.98 Å². The molecule has 98 valence electrons. The van der Waals surface area contributed by atoms with Crippen LogP contribution in [0.1, 0.15) is 26.7 Å². The number of rotatable bonds is 5. The first kappa shape index (κ1) is 12.8. The molecule has 2 aromatic heterocycles. The molecule has 0 atom stereocenters. The lowest BCUT2D eigenvalue weighted by Crippen LogP contribution is -2.40. The predicted molar refractivity (Wildman–Crippen MR) is 72.0 cm³/mol. The lowest BCUT2D eigenvalue weighted by molar-refractivity contribution is 0.274. The second-order valence-corrected chi connectivity index (χ2v) is 4.69.